The van der Waals surface area contributed by atoms with Gasteiger partial charge in [-0.25, -0.2) is 13.1 Å². The monoisotopic (exact) mass is 315 g/mol. The van der Waals surface area contributed by atoms with Crippen LogP contribution in [0.3, 0.4) is 0 Å². The van der Waals surface area contributed by atoms with Crippen LogP contribution in [0.4, 0.5) is 5.69 Å². The number of hydrogen-bond acceptors (Lipinski definition) is 5. The summed E-state index contributed by atoms with van der Waals surface area (Å²) in [5.41, 5.74) is 6.25. The number of nitrogens with two attached hydrogens (primary N) is 1. The number of nitrogens with one attached hydrogen (secondary N) is 1. The van der Waals surface area contributed by atoms with E-state index in [2.05, 4.69) is 4.72 Å². The first-order chi connectivity index (χ1) is 9.69. The van der Waals surface area contributed by atoms with Gasteiger partial charge in [-0.05, 0) is 17.9 Å². The van der Waals surface area contributed by atoms with Gasteiger partial charge < -0.3 is 5.73 Å². The van der Waals surface area contributed by atoms with Crippen LogP contribution in [0, 0.1) is 16.0 Å². The van der Waals surface area contributed by atoms with Crippen molar-refractivity contribution in [1.29, 1.82) is 0 Å². The predicted molar refractivity (Wildman–Crippen MR) is 81.2 cm³/mol. The second-order valence-corrected chi connectivity index (χ2v) is 7.23. The molecule has 3 N–H and O–H groups in total. The van der Waals surface area contributed by atoms with Gasteiger partial charge in [0.05, 0.1) is 10.7 Å². The minimum atomic E-state index is -3.50. The summed E-state index contributed by atoms with van der Waals surface area (Å²) in [4.78, 5) is 10.00. The third kappa shape index (κ3) is 6.65. The van der Waals surface area contributed by atoms with Crippen molar-refractivity contribution in [3.63, 3.8) is 0 Å². The van der Waals surface area contributed by atoms with E-state index in [9.17, 15) is 18.5 Å². The largest absolute Gasteiger partial charge is 0.327 e. The van der Waals surface area contributed by atoms with Crippen molar-refractivity contribution in [3.05, 3.63) is 39.9 Å². The number of non-ortho nitro benzene ring substituents is 1. The zero-order chi connectivity index (χ0) is 16.0. The van der Waals surface area contributed by atoms with Crippen LogP contribution in [0.25, 0.3) is 0 Å². The van der Waals surface area contributed by atoms with Gasteiger partial charge in [-0.15, -0.1) is 0 Å². The highest BCUT2D eigenvalue weighted by molar-refractivity contribution is 7.88. The van der Waals surface area contributed by atoms with Crippen LogP contribution in [-0.4, -0.2) is 25.9 Å². The molecule has 0 radical (unpaired) electrons. The molecule has 0 amide bonds. The number of hydrogen-bond donors (Lipinski definition) is 2. The van der Waals surface area contributed by atoms with Crippen LogP contribution in [0.5, 0.6) is 0 Å². The van der Waals surface area contributed by atoms with Crippen molar-refractivity contribution in [1.82, 2.24) is 4.72 Å². The number of rotatable bonds is 8. The van der Waals surface area contributed by atoms with Gasteiger partial charge in [0, 0.05) is 24.7 Å². The van der Waals surface area contributed by atoms with Crippen LogP contribution in [0.1, 0.15) is 25.8 Å². The average Bonchev–Trinajstić information content (AvgIpc) is 2.36. The maximum atomic E-state index is 11.9. The van der Waals surface area contributed by atoms with E-state index in [1.165, 1.54) is 24.3 Å². The summed E-state index contributed by atoms with van der Waals surface area (Å²) in [5, 5.41) is 10.5. The Balaban J connectivity index is 2.57. The van der Waals surface area contributed by atoms with Gasteiger partial charge >= 0.3 is 0 Å². The van der Waals surface area contributed by atoms with Crippen molar-refractivity contribution in [3.8, 4) is 0 Å². The molecule has 0 heterocycles. The van der Waals surface area contributed by atoms with Crippen molar-refractivity contribution < 1.29 is 13.3 Å². The lowest BCUT2D eigenvalue weighted by Crippen LogP contribution is -2.38. The fraction of sp³-hybridized carbons (Fsp3) is 0.538. The second-order valence-electron chi connectivity index (χ2n) is 5.42. The molecular formula is C13H21N3O4S. The molecule has 0 bridgehead atoms. The van der Waals surface area contributed by atoms with E-state index in [0.717, 1.165) is 6.42 Å². The topological polar surface area (TPSA) is 115 Å². The minimum Gasteiger partial charge on any atom is -0.327 e. The quantitative estimate of drug-likeness (QED) is 0.555. The summed E-state index contributed by atoms with van der Waals surface area (Å²) in [6.45, 7) is 4.23. The number of benzene rings is 1. The molecule has 0 aromatic heterocycles. The zero-order valence-corrected chi connectivity index (χ0v) is 13.0. The van der Waals surface area contributed by atoms with Gasteiger partial charge in [-0.3, -0.25) is 10.1 Å². The molecule has 8 heteroatoms. The lowest BCUT2D eigenvalue weighted by atomic mass is 10.1. The van der Waals surface area contributed by atoms with E-state index in [-0.39, 0.29) is 24.0 Å². The standard InChI is InChI=1S/C13H21N3O4S/c1-10(2)7-12(14)8-15-21(19,20)9-11-3-5-13(6-4-11)16(17)18/h3-6,10,12,15H,7-9,14H2,1-2H3. The van der Waals surface area contributed by atoms with Crippen molar-refractivity contribution in [2.24, 2.45) is 11.7 Å². The number of nitro groups is 1. The molecule has 0 fully saturated rings. The molecule has 0 saturated carbocycles. The second kappa shape index (κ2) is 7.48. The van der Waals surface area contributed by atoms with Crippen LogP contribution in [0.15, 0.2) is 24.3 Å². The van der Waals surface area contributed by atoms with Gasteiger partial charge in [0.1, 0.15) is 0 Å². The number of nitro benzene ring substituents is 1. The Hall–Kier alpha value is -1.51. The highest BCUT2D eigenvalue weighted by Gasteiger charge is 2.15. The molecule has 1 unspecified atom stereocenters. The molecule has 0 aliphatic rings. The Morgan fingerprint density at radius 3 is 2.33 bits per heavy atom. The number of nitrogens with zero attached hydrogens (tertiary/aromatic N) is 1. The van der Waals surface area contributed by atoms with E-state index in [1.807, 2.05) is 13.8 Å². The maximum Gasteiger partial charge on any atom is 0.269 e. The van der Waals surface area contributed by atoms with Gasteiger partial charge in [0.25, 0.3) is 5.69 Å². The Morgan fingerprint density at radius 2 is 1.86 bits per heavy atom. The maximum absolute atomic E-state index is 11.9. The fourth-order valence-corrected chi connectivity index (χ4v) is 3.11. The average molecular weight is 315 g/mol. The van der Waals surface area contributed by atoms with Gasteiger partial charge in [-0.1, -0.05) is 26.0 Å². The molecule has 21 heavy (non-hydrogen) atoms. The van der Waals surface area contributed by atoms with Crippen LogP contribution < -0.4 is 10.5 Å². The fourth-order valence-electron chi connectivity index (χ4n) is 1.91. The molecule has 0 aliphatic heterocycles. The molecule has 0 saturated heterocycles. The molecular weight excluding hydrogens is 294 g/mol. The first-order valence-electron chi connectivity index (χ1n) is 6.66. The third-order valence-corrected chi connectivity index (χ3v) is 4.16. The van der Waals surface area contributed by atoms with E-state index in [0.29, 0.717) is 11.5 Å². The van der Waals surface area contributed by atoms with Crippen molar-refractivity contribution in [2.45, 2.75) is 32.1 Å². The Bertz CT molecular complexity index is 570. The molecule has 0 spiro atoms. The Kier molecular flexibility index (Phi) is 6.25. The lowest BCUT2D eigenvalue weighted by molar-refractivity contribution is -0.384. The van der Waals surface area contributed by atoms with E-state index in [1.54, 1.807) is 0 Å². The van der Waals surface area contributed by atoms with E-state index >= 15 is 0 Å². The SMILES string of the molecule is CC(C)CC(N)CNS(=O)(=O)Cc1ccc([N+](=O)[O-])cc1. The molecule has 1 rings (SSSR count). The normalized spacial score (nSPS) is 13.3. The summed E-state index contributed by atoms with van der Waals surface area (Å²) in [5.74, 6) is 0.179. The first kappa shape index (κ1) is 17.5. The zero-order valence-electron chi connectivity index (χ0n) is 12.2. The molecule has 0 aliphatic carbocycles. The summed E-state index contributed by atoms with van der Waals surface area (Å²) >= 11 is 0. The van der Waals surface area contributed by atoms with Crippen molar-refractivity contribution in [2.75, 3.05) is 6.54 Å². The smallest absolute Gasteiger partial charge is 0.269 e. The summed E-state index contributed by atoms with van der Waals surface area (Å²) in [6.07, 6.45) is 0.736. The summed E-state index contributed by atoms with van der Waals surface area (Å²) in [7, 11) is -3.50. The Labute approximate surface area is 124 Å². The Morgan fingerprint density at radius 1 is 1.29 bits per heavy atom. The van der Waals surface area contributed by atoms with Gasteiger partial charge in [-0.2, -0.15) is 0 Å². The molecule has 7 nitrogen and oxygen atoms in total. The summed E-state index contributed by atoms with van der Waals surface area (Å²) < 4.78 is 26.3. The highest BCUT2D eigenvalue weighted by atomic mass is 32.2. The summed E-state index contributed by atoms with van der Waals surface area (Å²) in [6, 6.07) is 5.22. The van der Waals surface area contributed by atoms with E-state index in [4.69, 9.17) is 5.73 Å². The minimum absolute atomic E-state index is 0.0666. The molecule has 118 valence electrons. The number of sulfonamides is 1. The lowest BCUT2D eigenvalue weighted by Gasteiger charge is -2.15. The van der Waals surface area contributed by atoms with Crippen LogP contribution >= 0.6 is 0 Å². The third-order valence-electron chi connectivity index (χ3n) is 2.84. The molecule has 1 aromatic rings. The van der Waals surface area contributed by atoms with Crippen LogP contribution in [-0.2, 0) is 15.8 Å². The molecule has 1 atom stereocenters. The van der Waals surface area contributed by atoms with Gasteiger partial charge in [0.2, 0.25) is 10.0 Å². The molecule has 1 aromatic carbocycles. The van der Waals surface area contributed by atoms with Crippen molar-refractivity contribution >= 4 is 15.7 Å². The first-order valence-corrected chi connectivity index (χ1v) is 8.31. The van der Waals surface area contributed by atoms with E-state index < -0.39 is 14.9 Å². The van der Waals surface area contributed by atoms with Crippen LogP contribution in [0.2, 0.25) is 0 Å². The van der Waals surface area contributed by atoms with Gasteiger partial charge in [0.15, 0.2) is 0 Å². The highest BCUT2D eigenvalue weighted by Crippen LogP contribution is 2.13. The predicted octanol–water partition coefficient (Wildman–Crippen LogP) is 1.39.